The fraction of sp³-hybridized carbons (Fsp3) is 0.294. The summed E-state index contributed by atoms with van der Waals surface area (Å²) >= 11 is 0. The summed E-state index contributed by atoms with van der Waals surface area (Å²) in [5, 5.41) is 9.66. The molecule has 1 aromatic heterocycles. The van der Waals surface area contributed by atoms with E-state index in [9.17, 15) is 14.6 Å². The summed E-state index contributed by atoms with van der Waals surface area (Å²) in [5.41, 5.74) is 1.50. The number of H-pyrrole nitrogens is 1. The van der Waals surface area contributed by atoms with Gasteiger partial charge in [0.1, 0.15) is 11.6 Å². The molecule has 0 amide bonds. The first-order valence-electron chi connectivity index (χ1n) is 7.59. The number of aromatic amines is 1. The van der Waals surface area contributed by atoms with Gasteiger partial charge in [-0.2, -0.15) is 5.26 Å². The normalized spacial score (nSPS) is 11.2. The van der Waals surface area contributed by atoms with Crippen molar-refractivity contribution < 1.29 is 13.6 Å². The molecule has 0 radical (unpaired) electrons. The third-order valence-corrected chi connectivity index (χ3v) is 5.50. The van der Waals surface area contributed by atoms with Crippen molar-refractivity contribution in [2.75, 3.05) is 13.2 Å². The molecule has 126 valence electrons. The van der Waals surface area contributed by atoms with Crippen molar-refractivity contribution in [1.29, 1.82) is 5.26 Å². The lowest BCUT2D eigenvalue weighted by Crippen LogP contribution is -2.13. The van der Waals surface area contributed by atoms with Gasteiger partial charge in [0, 0.05) is 11.3 Å². The highest BCUT2D eigenvalue weighted by atomic mass is 31.2. The van der Waals surface area contributed by atoms with Crippen molar-refractivity contribution in [1.82, 2.24) is 4.98 Å². The van der Waals surface area contributed by atoms with E-state index in [1.165, 1.54) is 0 Å². The van der Waals surface area contributed by atoms with Gasteiger partial charge in [0.25, 0.3) is 5.56 Å². The Hall–Kier alpha value is -2.19. The minimum absolute atomic E-state index is 0.0474. The third-order valence-electron chi connectivity index (χ3n) is 3.37. The number of aryl methyl sites for hydroxylation is 1. The molecule has 2 aromatic rings. The minimum atomic E-state index is -3.35. The van der Waals surface area contributed by atoms with Crippen molar-refractivity contribution in [3.8, 4) is 17.2 Å². The van der Waals surface area contributed by atoms with Crippen LogP contribution in [0.1, 0.15) is 25.1 Å². The van der Waals surface area contributed by atoms with E-state index in [1.54, 1.807) is 51.1 Å². The number of nitriles is 1. The maximum absolute atomic E-state index is 12.7. The van der Waals surface area contributed by atoms with Crippen LogP contribution in [0.2, 0.25) is 0 Å². The minimum Gasteiger partial charge on any atom is -0.325 e. The molecule has 0 spiro atoms. The van der Waals surface area contributed by atoms with E-state index in [1.807, 2.05) is 6.07 Å². The molecule has 6 nitrogen and oxygen atoms in total. The van der Waals surface area contributed by atoms with Crippen LogP contribution >= 0.6 is 7.60 Å². The SMILES string of the molecule is CCOP(=O)(OCC)c1ccc(-c2cc(C)[nH]c(=O)c2C#N)cc1. The first-order chi connectivity index (χ1) is 11.4. The highest BCUT2D eigenvalue weighted by Crippen LogP contribution is 2.46. The largest absolute Gasteiger partial charge is 0.361 e. The molecule has 0 aliphatic carbocycles. The molecule has 0 aliphatic rings. The molecule has 0 saturated carbocycles. The van der Waals surface area contributed by atoms with Gasteiger partial charge in [0.15, 0.2) is 0 Å². The molecule has 0 fully saturated rings. The molecule has 1 aromatic carbocycles. The zero-order valence-electron chi connectivity index (χ0n) is 13.8. The fourth-order valence-corrected chi connectivity index (χ4v) is 3.94. The summed E-state index contributed by atoms with van der Waals surface area (Å²) in [6, 6.07) is 10.3. The Labute approximate surface area is 140 Å². The van der Waals surface area contributed by atoms with E-state index in [0.717, 1.165) is 0 Å². The molecule has 7 heteroatoms. The Morgan fingerprint density at radius 2 is 1.75 bits per heavy atom. The molecular weight excluding hydrogens is 327 g/mol. The molecular formula is C17H19N2O4P. The number of nitrogens with zero attached hydrogens (tertiary/aromatic N) is 1. The van der Waals surface area contributed by atoms with Gasteiger partial charge >= 0.3 is 7.60 Å². The van der Waals surface area contributed by atoms with Gasteiger partial charge in [0.05, 0.1) is 18.5 Å². The number of aromatic nitrogens is 1. The summed E-state index contributed by atoms with van der Waals surface area (Å²) in [5.74, 6) is 0. The molecule has 0 unspecified atom stereocenters. The molecule has 2 rings (SSSR count). The van der Waals surface area contributed by atoms with Gasteiger partial charge in [-0.1, -0.05) is 12.1 Å². The van der Waals surface area contributed by atoms with Gasteiger partial charge in [-0.25, -0.2) is 0 Å². The molecule has 1 heterocycles. The topological polar surface area (TPSA) is 92.2 Å². The van der Waals surface area contributed by atoms with Crippen molar-refractivity contribution in [2.24, 2.45) is 0 Å². The van der Waals surface area contributed by atoms with Crippen molar-refractivity contribution in [3.63, 3.8) is 0 Å². The number of rotatable bonds is 6. The predicted octanol–water partition coefficient (Wildman–Crippen LogP) is 3.11. The van der Waals surface area contributed by atoms with Crippen molar-refractivity contribution >= 4 is 12.9 Å². The number of hydrogen-bond acceptors (Lipinski definition) is 5. The fourth-order valence-electron chi connectivity index (χ4n) is 2.38. The number of hydrogen-bond donors (Lipinski definition) is 1. The van der Waals surface area contributed by atoms with Gasteiger partial charge in [-0.15, -0.1) is 0 Å². The Morgan fingerprint density at radius 3 is 2.25 bits per heavy atom. The first-order valence-corrected chi connectivity index (χ1v) is 9.13. The maximum atomic E-state index is 12.7. The van der Waals surface area contributed by atoms with Crippen LogP contribution in [0.5, 0.6) is 0 Å². The Morgan fingerprint density at radius 1 is 1.17 bits per heavy atom. The van der Waals surface area contributed by atoms with Gasteiger partial charge in [0.2, 0.25) is 0 Å². The third kappa shape index (κ3) is 3.65. The van der Waals surface area contributed by atoms with Crippen LogP contribution in [0.25, 0.3) is 11.1 Å². The van der Waals surface area contributed by atoms with E-state index in [-0.39, 0.29) is 18.8 Å². The van der Waals surface area contributed by atoms with Crippen LogP contribution in [0.3, 0.4) is 0 Å². The highest BCUT2D eigenvalue weighted by Gasteiger charge is 2.26. The lowest BCUT2D eigenvalue weighted by Gasteiger charge is -2.17. The highest BCUT2D eigenvalue weighted by molar-refractivity contribution is 7.62. The second-order valence-corrected chi connectivity index (χ2v) is 7.09. The number of nitrogens with one attached hydrogen (secondary N) is 1. The van der Waals surface area contributed by atoms with Crippen LogP contribution in [0, 0.1) is 18.3 Å². The quantitative estimate of drug-likeness (QED) is 0.811. The van der Waals surface area contributed by atoms with E-state index in [0.29, 0.717) is 22.1 Å². The van der Waals surface area contributed by atoms with E-state index in [4.69, 9.17) is 9.05 Å². The van der Waals surface area contributed by atoms with E-state index < -0.39 is 13.2 Å². The second-order valence-electron chi connectivity index (χ2n) is 5.06. The van der Waals surface area contributed by atoms with E-state index >= 15 is 0 Å². The molecule has 24 heavy (non-hydrogen) atoms. The monoisotopic (exact) mass is 346 g/mol. The van der Waals surface area contributed by atoms with Crippen molar-refractivity contribution in [3.05, 3.63) is 51.9 Å². The summed E-state index contributed by atoms with van der Waals surface area (Å²) < 4.78 is 23.4. The van der Waals surface area contributed by atoms with E-state index in [2.05, 4.69) is 4.98 Å². The molecule has 0 atom stereocenters. The van der Waals surface area contributed by atoms with Crippen LogP contribution in [0.4, 0.5) is 0 Å². The van der Waals surface area contributed by atoms with Gasteiger partial charge in [-0.3, -0.25) is 9.36 Å². The van der Waals surface area contributed by atoms with Crippen LogP contribution < -0.4 is 10.9 Å². The standard InChI is InChI=1S/C17H19N2O4P/c1-4-22-24(21,23-5-2)14-8-6-13(7-9-14)15-10-12(3)19-17(20)16(15)11-18/h6-10H,4-5H2,1-3H3,(H,19,20). The first kappa shape index (κ1) is 18.2. The lowest BCUT2D eigenvalue weighted by molar-refractivity contribution is 0.230. The van der Waals surface area contributed by atoms with Crippen LogP contribution in [0.15, 0.2) is 35.1 Å². The maximum Gasteiger partial charge on any atom is 0.361 e. The number of pyridine rings is 1. The van der Waals surface area contributed by atoms with Crippen LogP contribution in [-0.2, 0) is 13.6 Å². The molecule has 0 aliphatic heterocycles. The Bertz CT molecular complexity index is 856. The lowest BCUT2D eigenvalue weighted by atomic mass is 10.0. The Kier molecular flexibility index (Phi) is 5.74. The summed E-state index contributed by atoms with van der Waals surface area (Å²) in [7, 11) is -3.35. The number of benzene rings is 1. The Balaban J connectivity index is 2.49. The van der Waals surface area contributed by atoms with Gasteiger partial charge in [-0.05, 0) is 44.5 Å². The van der Waals surface area contributed by atoms with Crippen LogP contribution in [-0.4, -0.2) is 18.2 Å². The summed E-state index contributed by atoms with van der Waals surface area (Å²) in [6.07, 6.45) is 0. The molecule has 1 N–H and O–H groups in total. The average Bonchev–Trinajstić information content (AvgIpc) is 2.55. The molecule has 0 saturated heterocycles. The predicted molar refractivity (Wildman–Crippen MR) is 92.4 cm³/mol. The van der Waals surface area contributed by atoms with Gasteiger partial charge < -0.3 is 14.0 Å². The second kappa shape index (κ2) is 7.59. The smallest absolute Gasteiger partial charge is 0.325 e. The average molecular weight is 346 g/mol. The zero-order valence-corrected chi connectivity index (χ0v) is 14.7. The summed E-state index contributed by atoms with van der Waals surface area (Å²) in [4.78, 5) is 14.5. The molecule has 0 bridgehead atoms. The zero-order chi connectivity index (χ0) is 17.7. The summed E-state index contributed by atoms with van der Waals surface area (Å²) in [6.45, 7) is 5.78. The van der Waals surface area contributed by atoms with Crippen molar-refractivity contribution in [2.45, 2.75) is 20.8 Å².